The molecule has 0 radical (unpaired) electrons. The highest BCUT2D eigenvalue weighted by atomic mass is 28.4. The van der Waals surface area contributed by atoms with Crippen molar-refractivity contribution in [2.24, 2.45) is 4.99 Å². The van der Waals surface area contributed by atoms with Crippen LogP contribution in [0.3, 0.4) is 0 Å². The van der Waals surface area contributed by atoms with Gasteiger partial charge < -0.3 is 24.3 Å². The standard InChI is InChI=1S/C30H42N4O5Si/c1-7-25(36)26(39-28(20-35)34-19-18-27(32-29(34)37)31-22-33(5)6)21-38-40(30(2,3)4,23-14-10-8-11-15-23)24-16-12-9-13-17-24/h8-19,22,25-26,28,35-36H,7,20-21H2,1-6H3/t25-,26-,28?/m1/s1. The van der Waals surface area contributed by atoms with Gasteiger partial charge in [-0.1, -0.05) is 88.4 Å². The first-order valence-electron chi connectivity index (χ1n) is 13.5. The Bertz CT molecular complexity index is 1240. The maximum Gasteiger partial charge on any atom is 0.351 e. The average molecular weight is 567 g/mol. The van der Waals surface area contributed by atoms with Gasteiger partial charge in [-0.2, -0.15) is 4.98 Å². The third-order valence-corrected chi connectivity index (χ3v) is 11.8. The SMILES string of the molecule is CC[C@@H](O)[C@@H](CO[Si](c1ccccc1)(c1ccccc1)C(C)(C)C)OC(CO)n1ccc(N=CN(C)C)nc1=O. The van der Waals surface area contributed by atoms with Crippen LogP contribution in [0.5, 0.6) is 0 Å². The maximum atomic E-state index is 12.8. The Labute approximate surface area is 237 Å². The van der Waals surface area contributed by atoms with Crippen molar-refractivity contribution < 1.29 is 19.4 Å². The Balaban J connectivity index is 1.97. The fraction of sp³-hybridized carbons (Fsp3) is 0.433. The molecule has 0 aliphatic carbocycles. The van der Waals surface area contributed by atoms with Crippen molar-refractivity contribution in [1.82, 2.24) is 14.5 Å². The molecule has 1 aromatic heterocycles. The van der Waals surface area contributed by atoms with Crippen LogP contribution in [-0.4, -0.2) is 78.8 Å². The summed E-state index contributed by atoms with van der Waals surface area (Å²) in [5.41, 5.74) is -0.620. The molecule has 9 nitrogen and oxygen atoms in total. The summed E-state index contributed by atoms with van der Waals surface area (Å²) in [5, 5.41) is 23.1. The summed E-state index contributed by atoms with van der Waals surface area (Å²) in [5.74, 6) is 0.242. The van der Waals surface area contributed by atoms with Crippen molar-refractivity contribution in [3.8, 4) is 0 Å². The molecule has 0 saturated carbocycles. The molecule has 0 bridgehead atoms. The van der Waals surface area contributed by atoms with Crippen LogP contribution in [0, 0.1) is 0 Å². The summed E-state index contributed by atoms with van der Waals surface area (Å²) in [6.45, 7) is 7.94. The lowest BCUT2D eigenvalue weighted by Crippen LogP contribution is -2.67. The lowest BCUT2D eigenvalue weighted by Gasteiger charge is -2.44. The van der Waals surface area contributed by atoms with E-state index < -0.39 is 39.0 Å². The van der Waals surface area contributed by atoms with E-state index >= 15 is 0 Å². The van der Waals surface area contributed by atoms with Crippen molar-refractivity contribution >= 4 is 30.8 Å². The number of ether oxygens (including phenoxy) is 1. The van der Waals surface area contributed by atoms with Crippen LogP contribution in [0.25, 0.3) is 0 Å². The second-order valence-electron chi connectivity index (χ2n) is 10.9. The van der Waals surface area contributed by atoms with Crippen LogP contribution in [-0.2, 0) is 9.16 Å². The van der Waals surface area contributed by atoms with E-state index in [1.165, 1.54) is 10.8 Å². The molecule has 10 heteroatoms. The molecule has 0 saturated heterocycles. The number of nitrogens with zero attached hydrogens (tertiary/aromatic N) is 4. The predicted molar refractivity (Wildman–Crippen MR) is 161 cm³/mol. The lowest BCUT2D eigenvalue weighted by atomic mass is 10.1. The molecule has 2 N–H and O–H groups in total. The smallest absolute Gasteiger partial charge is 0.351 e. The number of rotatable bonds is 13. The second-order valence-corrected chi connectivity index (χ2v) is 15.3. The fourth-order valence-electron chi connectivity index (χ4n) is 4.74. The van der Waals surface area contributed by atoms with Gasteiger partial charge in [0.2, 0.25) is 0 Å². The van der Waals surface area contributed by atoms with Crippen LogP contribution in [0.2, 0.25) is 5.04 Å². The zero-order chi connectivity index (χ0) is 29.3. The first-order valence-corrected chi connectivity index (χ1v) is 15.4. The average Bonchev–Trinajstić information content (AvgIpc) is 2.94. The van der Waals surface area contributed by atoms with Gasteiger partial charge in [-0.15, -0.1) is 0 Å². The van der Waals surface area contributed by atoms with Crippen molar-refractivity contribution in [2.75, 3.05) is 27.3 Å². The van der Waals surface area contributed by atoms with E-state index in [1.54, 1.807) is 17.3 Å². The Morgan fingerprint density at radius 1 is 1.05 bits per heavy atom. The van der Waals surface area contributed by atoms with E-state index in [1.807, 2.05) is 57.4 Å². The number of benzene rings is 2. The van der Waals surface area contributed by atoms with E-state index in [2.05, 4.69) is 55.0 Å². The molecule has 0 aliphatic heterocycles. The number of aliphatic imine (C=N–C) groups is 1. The van der Waals surface area contributed by atoms with Gasteiger partial charge in [-0.05, 0) is 27.9 Å². The molecule has 0 amide bonds. The molecule has 3 atom stereocenters. The van der Waals surface area contributed by atoms with Gasteiger partial charge in [0.05, 0.1) is 25.7 Å². The Hall–Kier alpha value is -3.15. The molecule has 216 valence electrons. The predicted octanol–water partition coefficient (Wildman–Crippen LogP) is 2.69. The van der Waals surface area contributed by atoms with E-state index in [0.29, 0.717) is 6.42 Å². The summed E-state index contributed by atoms with van der Waals surface area (Å²) in [4.78, 5) is 22.7. The van der Waals surface area contributed by atoms with Gasteiger partial charge in [0.25, 0.3) is 8.32 Å². The zero-order valence-electron chi connectivity index (χ0n) is 24.3. The molecular weight excluding hydrogens is 524 g/mol. The summed E-state index contributed by atoms with van der Waals surface area (Å²) < 4.78 is 14.4. The van der Waals surface area contributed by atoms with Gasteiger partial charge in [0.15, 0.2) is 12.0 Å². The molecule has 0 fully saturated rings. The van der Waals surface area contributed by atoms with Gasteiger partial charge >= 0.3 is 5.69 Å². The summed E-state index contributed by atoms with van der Waals surface area (Å²) in [6.07, 6.45) is 0.653. The van der Waals surface area contributed by atoms with Crippen molar-refractivity contribution in [1.29, 1.82) is 0 Å². The molecule has 0 spiro atoms. The van der Waals surface area contributed by atoms with Gasteiger partial charge in [-0.3, -0.25) is 4.57 Å². The molecule has 0 aliphatic rings. The molecule has 3 aromatic rings. The van der Waals surface area contributed by atoms with Crippen LogP contribution in [0.1, 0.15) is 40.3 Å². The second kappa shape index (κ2) is 14.0. The third kappa shape index (κ3) is 7.32. The number of aliphatic hydroxyl groups excluding tert-OH is 2. The third-order valence-electron chi connectivity index (χ3n) is 6.76. The van der Waals surface area contributed by atoms with E-state index in [0.717, 1.165) is 10.4 Å². The summed E-state index contributed by atoms with van der Waals surface area (Å²) in [7, 11) is 0.725. The molecule has 3 rings (SSSR count). The molecule has 2 aromatic carbocycles. The first kappa shape index (κ1) is 31.4. The topological polar surface area (TPSA) is 109 Å². The van der Waals surface area contributed by atoms with Crippen LogP contribution < -0.4 is 16.1 Å². The van der Waals surface area contributed by atoms with Crippen LogP contribution in [0.4, 0.5) is 5.82 Å². The molecule has 1 heterocycles. The van der Waals surface area contributed by atoms with E-state index in [-0.39, 0.29) is 17.5 Å². The first-order chi connectivity index (χ1) is 19.0. The minimum Gasteiger partial charge on any atom is -0.405 e. The number of hydrogen-bond donors (Lipinski definition) is 2. The highest BCUT2D eigenvalue weighted by Gasteiger charge is 2.50. The Morgan fingerprint density at radius 2 is 1.62 bits per heavy atom. The number of aromatic nitrogens is 2. The van der Waals surface area contributed by atoms with Gasteiger partial charge in [-0.25, -0.2) is 9.79 Å². The van der Waals surface area contributed by atoms with Gasteiger partial charge in [0.1, 0.15) is 6.10 Å². The van der Waals surface area contributed by atoms with Crippen LogP contribution >= 0.6 is 0 Å². The quantitative estimate of drug-likeness (QED) is 0.186. The van der Waals surface area contributed by atoms with Crippen molar-refractivity contribution in [3.63, 3.8) is 0 Å². The number of hydrogen-bond acceptors (Lipinski definition) is 7. The Morgan fingerprint density at radius 3 is 2.08 bits per heavy atom. The molecule has 1 unspecified atom stereocenters. The van der Waals surface area contributed by atoms with Crippen LogP contribution in [0.15, 0.2) is 82.7 Å². The Kier molecular flexibility index (Phi) is 10.9. The zero-order valence-corrected chi connectivity index (χ0v) is 25.3. The monoisotopic (exact) mass is 566 g/mol. The van der Waals surface area contributed by atoms with Crippen molar-refractivity contribution in [2.45, 2.75) is 57.6 Å². The molecule has 40 heavy (non-hydrogen) atoms. The number of aliphatic hydroxyl groups is 2. The summed E-state index contributed by atoms with van der Waals surface area (Å²) >= 11 is 0. The summed E-state index contributed by atoms with van der Waals surface area (Å²) in [6, 6.07) is 22.0. The van der Waals surface area contributed by atoms with E-state index in [9.17, 15) is 15.0 Å². The largest absolute Gasteiger partial charge is 0.405 e. The normalized spacial score (nSPS) is 14.7. The van der Waals surface area contributed by atoms with Crippen molar-refractivity contribution in [3.05, 3.63) is 83.4 Å². The highest BCUT2D eigenvalue weighted by Crippen LogP contribution is 2.37. The highest BCUT2D eigenvalue weighted by molar-refractivity contribution is 6.99. The minimum atomic E-state index is -2.90. The lowest BCUT2D eigenvalue weighted by molar-refractivity contribution is -0.136. The van der Waals surface area contributed by atoms with Gasteiger partial charge in [0, 0.05) is 20.3 Å². The maximum absolute atomic E-state index is 12.8. The van der Waals surface area contributed by atoms with E-state index in [4.69, 9.17) is 9.16 Å². The fourth-order valence-corrected chi connectivity index (χ4v) is 9.31. The molecular formula is C30H42N4O5Si. The minimum absolute atomic E-state index is 0.0617.